The number of ether oxygens (including phenoxy) is 1. The topological polar surface area (TPSA) is 37.9 Å². The van der Waals surface area contributed by atoms with Crippen molar-refractivity contribution >= 4 is 0 Å². The minimum atomic E-state index is 0.688. The largest absolute Gasteiger partial charge is 0.477 e. The van der Waals surface area contributed by atoms with E-state index in [2.05, 4.69) is 17.1 Å². The van der Waals surface area contributed by atoms with E-state index in [1.165, 1.54) is 0 Å². The molecule has 0 saturated heterocycles. The molecule has 0 aliphatic heterocycles. The van der Waals surface area contributed by atoms with E-state index in [0.717, 1.165) is 19.4 Å². The number of hydrogen-bond donors (Lipinski definition) is 1. The standard InChI is InChI=1S/C7H12N2O/c1-2-3-6-10-7-4-5-8-9-7/h4-5H,2-3,6H2,1H3,(H,8,9). The molecule has 10 heavy (non-hydrogen) atoms. The molecule has 0 aromatic carbocycles. The highest BCUT2D eigenvalue weighted by Gasteiger charge is 1.91. The predicted octanol–water partition coefficient (Wildman–Crippen LogP) is 1.59. The first kappa shape index (κ1) is 7.12. The Labute approximate surface area is 60.4 Å². The van der Waals surface area contributed by atoms with Crippen LogP contribution in [0.3, 0.4) is 0 Å². The van der Waals surface area contributed by atoms with Gasteiger partial charge in [0, 0.05) is 12.3 Å². The van der Waals surface area contributed by atoms with Crippen LogP contribution in [-0.4, -0.2) is 16.8 Å². The molecule has 1 N–H and O–H groups in total. The van der Waals surface area contributed by atoms with Crippen molar-refractivity contribution < 1.29 is 4.74 Å². The number of nitrogens with zero attached hydrogens (tertiary/aromatic N) is 1. The van der Waals surface area contributed by atoms with Gasteiger partial charge in [0.1, 0.15) is 0 Å². The molecular formula is C7H12N2O. The zero-order valence-electron chi connectivity index (χ0n) is 6.13. The molecule has 0 bridgehead atoms. The van der Waals surface area contributed by atoms with Crippen molar-refractivity contribution in [1.29, 1.82) is 0 Å². The predicted molar refractivity (Wildman–Crippen MR) is 39.0 cm³/mol. The van der Waals surface area contributed by atoms with Crippen molar-refractivity contribution in [2.24, 2.45) is 0 Å². The van der Waals surface area contributed by atoms with Crippen LogP contribution in [0.1, 0.15) is 19.8 Å². The number of H-pyrrole nitrogens is 1. The van der Waals surface area contributed by atoms with Crippen molar-refractivity contribution in [2.75, 3.05) is 6.61 Å². The van der Waals surface area contributed by atoms with Gasteiger partial charge in [-0.15, -0.1) is 5.10 Å². The average Bonchev–Trinajstić information content (AvgIpc) is 2.41. The number of aromatic nitrogens is 2. The van der Waals surface area contributed by atoms with E-state index in [1.54, 1.807) is 6.20 Å². The highest BCUT2D eigenvalue weighted by molar-refractivity contribution is 5.03. The van der Waals surface area contributed by atoms with Crippen LogP contribution < -0.4 is 4.74 Å². The number of nitrogens with one attached hydrogen (secondary N) is 1. The molecular weight excluding hydrogens is 128 g/mol. The Balaban J connectivity index is 2.15. The molecule has 1 heterocycles. The molecule has 0 atom stereocenters. The fourth-order valence-corrected chi connectivity index (χ4v) is 0.648. The Hall–Kier alpha value is -0.990. The zero-order chi connectivity index (χ0) is 7.23. The summed E-state index contributed by atoms with van der Waals surface area (Å²) in [6.07, 6.45) is 4.00. The summed E-state index contributed by atoms with van der Waals surface area (Å²) in [7, 11) is 0. The fraction of sp³-hybridized carbons (Fsp3) is 0.571. The van der Waals surface area contributed by atoms with Crippen LogP contribution in [0.2, 0.25) is 0 Å². The van der Waals surface area contributed by atoms with Gasteiger partial charge < -0.3 is 4.74 Å². The number of unbranched alkanes of at least 4 members (excludes halogenated alkanes) is 1. The van der Waals surface area contributed by atoms with Crippen LogP contribution in [0, 0.1) is 0 Å². The van der Waals surface area contributed by atoms with Crippen LogP contribution in [0.4, 0.5) is 0 Å². The second-order valence-electron chi connectivity index (χ2n) is 2.11. The maximum atomic E-state index is 5.24. The third-order valence-electron chi connectivity index (χ3n) is 1.22. The normalized spacial score (nSPS) is 9.70. The van der Waals surface area contributed by atoms with Crippen molar-refractivity contribution in [2.45, 2.75) is 19.8 Å². The summed E-state index contributed by atoms with van der Waals surface area (Å²) in [4.78, 5) is 0. The monoisotopic (exact) mass is 140 g/mol. The van der Waals surface area contributed by atoms with Gasteiger partial charge in [-0.3, -0.25) is 5.10 Å². The molecule has 1 aromatic rings. The lowest BCUT2D eigenvalue weighted by Crippen LogP contribution is -1.96. The summed E-state index contributed by atoms with van der Waals surface area (Å²) < 4.78 is 5.24. The van der Waals surface area contributed by atoms with Crippen LogP contribution in [-0.2, 0) is 0 Å². The summed E-state index contributed by atoms with van der Waals surface area (Å²) >= 11 is 0. The van der Waals surface area contributed by atoms with Crippen molar-refractivity contribution in [3.63, 3.8) is 0 Å². The molecule has 3 nitrogen and oxygen atoms in total. The van der Waals surface area contributed by atoms with Gasteiger partial charge in [-0.1, -0.05) is 13.3 Å². The van der Waals surface area contributed by atoms with E-state index >= 15 is 0 Å². The lowest BCUT2D eigenvalue weighted by atomic mass is 10.4. The number of aromatic amines is 1. The Morgan fingerprint density at radius 3 is 3.20 bits per heavy atom. The van der Waals surface area contributed by atoms with E-state index in [9.17, 15) is 0 Å². The van der Waals surface area contributed by atoms with E-state index in [0.29, 0.717) is 5.88 Å². The molecule has 0 aliphatic rings. The van der Waals surface area contributed by atoms with Crippen LogP contribution in [0.25, 0.3) is 0 Å². The maximum absolute atomic E-state index is 5.24. The first-order chi connectivity index (χ1) is 4.93. The first-order valence-corrected chi connectivity index (χ1v) is 3.56. The average molecular weight is 140 g/mol. The van der Waals surface area contributed by atoms with Gasteiger partial charge in [-0.05, 0) is 6.42 Å². The number of rotatable bonds is 4. The molecule has 1 rings (SSSR count). The quantitative estimate of drug-likeness (QED) is 0.645. The Morgan fingerprint density at radius 1 is 1.70 bits per heavy atom. The van der Waals surface area contributed by atoms with Gasteiger partial charge in [0.05, 0.1) is 6.61 Å². The van der Waals surface area contributed by atoms with Crippen molar-refractivity contribution in [3.05, 3.63) is 12.3 Å². The Kier molecular flexibility index (Phi) is 2.80. The first-order valence-electron chi connectivity index (χ1n) is 3.56. The second kappa shape index (κ2) is 3.93. The van der Waals surface area contributed by atoms with Crippen molar-refractivity contribution in [3.8, 4) is 5.88 Å². The SMILES string of the molecule is CCCCOc1cc[nH]n1. The molecule has 0 unspecified atom stereocenters. The fourth-order valence-electron chi connectivity index (χ4n) is 0.648. The molecule has 0 spiro atoms. The third kappa shape index (κ3) is 2.09. The van der Waals surface area contributed by atoms with Crippen LogP contribution in [0.5, 0.6) is 5.88 Å². The molecule has 1 aromatic heterocycles. The lowest BCUT2D eigenvalue weighted by Gasteiger charge is -1.98. The summed E-state index contributed by atoms with van der Waals surface area (Å²) in [5.74, 6) is 0.688. The van der Waals surface area contributed by atoms with Gasteiger partial charge in [0.15, 0.2) is 0 Å². The smallest absolute Gasteiger partial charge is 0.232 e. The van der Waals surface area contributed by atoms with Crippen molar-refractivity contribution in [1.82, 2.24) is 10.2 Å². The molecule has 0 aliphatic carbocycles. The molecule has 0 amide bonds. The summed E-state index contributed by atoms with van der Waals surface area (Å²) in [6.45, 7) is 2.90. The highest BCUT2D eigenvalue weighted by Crippen LogP contribution is 2.02. The minimum absolute atomic E-state index is 0.688. The molecule has 3 heteroatoms. The van der Waals surface area contributed by atoms with Crippen LogP contribution in [0.15, 0.2) is 12.3 Å². The van der Waals surface area contributed by atoms with E-state index in [1.807, 2.05) is 6.07 Å². The summed E-state index contributed by atoms with van der Waals surface area (Å²) in [5, 5.41) is 6.52. The summed E-state index contributed by atoms with van der Waals surface area (Å²) in [5.41, 5.74) is 0. The van der Waals surface area contributed by atoms with E-state index in [-0.39, 0.29) is 0 Å². The molecule has 0 radical (unpaired) electrons. The summed E-state index contributed by atoms with van der Waals surface area (Å²) in [6, 6.07) is 1.82. The second-order valence-corrected chi connectivity index (χ2v) is 2.11. The van der Waals surface area contributed by atoms with Gasteiger partial charge >= 0.3 is 0 Å². The third-order valence-corrected chi connectivity index (χ3v) is 1.22. The van der Waals surface area contributed by atoms with Gasteiger partial charge in [0.25, 0.3) is 0 Å². The van der Waals surface area contributed by atoms with Gasteiger partial charge in [-0.2, -0.15) is 0 Å². The van der Waals surface area contributed by atoms with E-state index in [4.69, 9.17) is 4.74 Å². The molecule has 0 fully saturated rings. The van der Waals surface area contributed by atoms with E-state index < -0.39 is 0 Å². The molecule has 0 saturated carbocycles. The van der Waals surface area contributed by atoms with Gasteiger partial charge in [-0.25, -0.2) is 0 Å². The van der Waals surface area contributed by atoms with Gasteiger partial charge in [0.2, 0.25) is 5.88 Å². The molecule has 56 valence electrons. The Bertz CT molecular complexity index is 160. The highest BCUT2D eigenvalue weighted by atomic mass is 16.5. The maximum Gasteiger partial charge on any atom is 0.232 e. The minimum Gasteiger partial charge on any atom is -0.477 e. The zero-order valence-corrected chi connectivity index (χ0v) is 6.13. The number of hydrogen-bond acceptors (Lipinski definition) is 2. The Morgan fingerprint density at radius 2 is 2.60 bits per heavy atom. The van der Waals surface area contributed by atoms with Crippen LogP contribution >= 0.6 is 0 Å². The lowest BCUT2D eigenvalue weighted by molar-refractivity contribution is 0.297.